The van der Waals surface area contributed by atoms with Crippen molar-refractivity contribution >= 4 is 0 Å². The van der Waals surface area contributed by atoms with E-state index in [9.17, 15) is 4.39 Å². The Morgan fingerprint density at radius 3 is 2.60 bits per heavy atom. The van der Waals surface area contributed by atoms with Crippen LogP contribution in [0.5, 0.6) is 5.75 Å². The fourth-order valence-corrected chi connectivity index (χ4v) is 1.39. The van der Waals surface area contributed by atoms with Gasteiger partial charge in [0.2, 0.25) is 0 Å². The predicted octanol–water partition coefficient (Wildman–Crippen LogP) is 1.87. The van der Waals surface area contributed by atoms with Gasteiger partial charge in [0, 0.05) is 13.7 Å². The lowest BCUT2D eigenvalue weighted by atomic mass is 10.2. The highest BCUT2D eigenvalue weighted by Gasteiger charge is 2.05. The zero-order chi connectivity index (χ0) is 11.3. The Morgan fingerprint density at radius 2 is 2.07 bits per heavy atom. The standard InChI is InChI=1S/C11H16FNO2/c1-13(8-14-2)7-9-4-5-11(15-3)10(12)6-9/h4-6H,7-8H2,1-3H3. The molecule has 0 atom stereocenters. The molecule has 4 heteroatoms. The normalized spacial score (nSPS) is 10.7. The molecule has 0 aliphatic rings. The van der Waals surface area contributed by atoms with Crippen molar-refractivity contribution in [3.63, 3.8) is 0 Å². The summed E-state index contributed by atoms with van der Waals surface area (Å²) in [4.78, 5) is 1.95. The third kappa shape index (κ3) is 3.49. The minimum atomic E-state index is -0.333. The number of hydrogen-bond acceptors (Lipinski definition) is 3. The first kappa shape index (κ1) is 11.9. The zero-order valence-electron chi connectivity index (χ0n) is 9.29. The van der Waals surface area contributed by atoms with Crippen LogP contribution in [0, 0.1) is 5.82 Å². The van der Waals surface area contributed by atoms with Crippen LogP contribution in [0.3, 0.4) is 0 Å². The molecule has 0 saturated heterocycles. The van der Waals surface area contributed by atoms with Gasteiger partial charge in [0.05, 0.1) is 13.8 Å². The summed E-state index contributed by atoms with van der Waals surface area (Å²) in [5.74, 6) is -0.0611. The van der Waals surface area contributed by atoms with Gasteiger partial charge >= 0.3 is 0 Å². The largest absolute Gasteiger partial charge is 0.494 e. The van der Waals surface area contributed by atoms with Crippen molar-refractivity contribution in [1.29, 1.82) is 0 Å². The molecule has 15 heavy (non-hydrogen) atoms. The van der Waals surface area contributed by atoms with Gasteiger partial charge in [-0.1, -0.05) is 6.07 Å². The Hall–Kier alpha value is -1.13. The lowest BCUT2D eigenvalue weighted by molar-refractivity contribution is 0.0771. The SMILES string of the molecule is COCN(C)Cc1ccc(OC)c(F)c1. The molecular weight excluding hydrogens is 197 g/mol. The second-order valence-corrected chi connectivity index (χ2v) is 3.40. The van der Waals surface area contributed by atoms with Gasteiger partial charge in [-0.05, 0) is 24.7 Å². The quantitative estimate of drug-likeness (QED) is 0.697. The van der Waals surface area contributed by atoms with Gasteiger partial charge in [0.25, 0.3) is 0 Å². The van der Waals surface area contributed by atoms with Crippen molar-refractivity contribution in [3.8, 4) is 5.75 Å². The number of halogens is 1. The molecule has 0 radical (unpaired) electrons. The van der Waals surface area contributed by atoms with E-state index in [0.29, 0.717) is 13.3 Å². The first-order valence-electron chi connectivity index (χ1n) is 4.67. The van der Waals surface area contributed by atoms with Crippen LogP contribution in [0.4, 0.5) is 4.39 Å². The molecule has 0 aromatic heterocycles. The second kappa shape index (κ2) is 5.68. The van der Waals surface area contributed by atoms with Crippen molar-refractivity contribution < 1.29 is 13.9 Å². The molecule has 0 N–H and O–H groups in total. The maximum Gasteiger partial charge on any atom is 0.165 e. The van der Waals surface area contributed by atoms with E-state index < -0.39 is 0 Å². The molecule has 0 bridgehead atoms. The van der Waals surface area contributed by atoms with Crippen LogP contribution < -0.4 is 4.74 Å². The Labute approximate surface area is 89.4 Å². The van der Waals surface area contributed by atoms with E-state index >= 15 is 0 Å². The Kier molecular flexibility index (Phi) is 4.52. The summed E-state index contributed by atoms with van der Waals surface area (Å²) in [6.07, 6.45) is 0. The summed E-state index contributed by atoms with van der Waals surface area (Å²) in [6.45, 7) is 1.17. The lowest BCUT2D eigenvalue weighted by Gasteiger charge is -2.15. The van der Waals surface area contributed by atoms with E-state index in [0.717, 1.165) is 5.56 Å². The monoisotopic (exact) mass is 213 g/mol. The van der Waals surface area contributed by atoms with E-state index in [4.69, 9.17) is 9.47 Å². The number of benzene rings is 1. The summed E-state index contributed by atoms with van der Waals surface area (Å²) in [6, 6.07) is 4.95. The molecule has 0 spiro atoms. The summed E-state index contributed by atoms with van der Waals surface area (Å²) in [7, 11) is 4.99. The number of rotatable bonds is 5. The van der Waals surface area contributed by atoms with Crippen molar-refractivity contribution in [2.24, 2.45) is 0 Å². The molecule has 0 unspecified atom stereocenters. The van der Waals surface area contributed by atoms with Crippen LogP contribution >= 0.6 is 0 Å². The minimum Gasteiger partial charge on any atom is -0.494 e. The van der Waals surface area contributed by atoms with Gasteiger partial charge in [0.1, 0.15) is 0 Å². The first-order chi connectivity index (χ1) is 7.17. The smallest absolute Gasteiger partial charge is 0.165 e. The number of methoxy groups -OCH3 is 2. The highest BCUT2D eigenvalue weighted by molar-refractivity contribution is 5.29. The summed E-state index contributed by atoms with van der Waals surface area (Å²) < 4.78 is 23.1. The molecule has 0 aliphatic carbocycles. The molecule has 1 rings (SSSR count). The van der Waals surface area contributed by atoms with Crippen LogP contribution in [0.15, 0.2) is 18.2 Å². The van der Waals surface area contributed by atoms with Gasteiger partial charge in [0.15, 0.2) is 11.6 Å². The molecule has 0 heterocycles. The second-order valence-electron chi connectivity index (χ2n) is 3.40. The zero-order valence-corrected chi connectivity index (χ0v) is 9.29. The van der Waals surface area contributed by atoms with Crippen LogP contribution in [-0.2, 0) is 11.3 Å². The van der Waals surface area contributed by atoms with Gasteiger partial charge in [-0.15, -0.1) is 0 Å². The van der Waals surface area contributed by atoms with Crippen LogP contribution in [0.2, 0.25) is 0 Å². The van der Waals surface area contributed by atoms with E-state index in [1.165, 1.54) is 13.2 Å². The molecule has 0 fully saturated rings. The topological polar surface area (TPSA) is 21.7 Å². The Balaban J connectivity index is 2.66. The molecule has 84 valence electrons. The Bertz CT molecular complexity index is 317. The minimum absolute atomic E-state index is 0.271. The first-order valence-corrected chi connectivity index (χ1v) is 4.67. The van der Waals surface area contributed by atoms with Crippen LogP contribution in [0.25, 0.3) is 0 Å². The number of hydrogen-bond donors (Lipinski definition) is 0. The molecule has 0 amide bonds. The molecular formula is C11H16FNO2. The van der Waals surface area contributed by atoms with E-state index in [2.05, 4.69) is 0 Å². The average Bonchev–Trinajstić information content (AvgIpc) is 2.18. The van der Waals surface area contributed by atoms with E-state index in [1.54, 1.807) is 13.2 Å². The van der Waals surface area contributed by atoms with Gasteiger partial charge in [-0.3, -0.25) is 4.90 Å². The van der Waals surface area contributed by atoms with Gasteiger partial charge in [-0.25, -0.2) is 4.39 Å². The van der Waals surface area contributed by atoms with Crippen LogP contribution in [-0.4, -0.2) is 32.9 Å². The summed E-state index contributed by atoms with van der Waals surface area (Å²) >= 11 is 0. The fourth-order valence-electron chi connectivity index (χ4n) is 1.39. The maximum atomic E-state index is 13.3. The van der Waals surface area contributed by atoms with Crippen LogP contribution in [0.1, 0.15) is 5.56 Å². The molecule has 0 saturated carbocycles. The van der Waals surface area contributed by atoms with Crippen molar-refractivity contribution in [3.05, 3.63) is 29.6 Å². The predicted molar refractivity (Wildman–Crippen MR) is 56.3 cm³/mol. The van der Waals surface area contributed by atoms with E-state index in [1.807, 2.05) is 18.0 Å². The fraction of sp³-hybridized carbons (Fsp3) is 0.455. The highest BCUT2D eigenvalue weighted by Crippen LogP contribution is 2.18. The van der Waals surface area contributed by atoms with Crippen molar-refractivity contribution in [2.45, 2.75) is 6.54 Å². The maximum absolute atomic E-state index is 13.3. The molecule has 1 aromatic carbocycles. The molecule has 0 aliphatic heterocycles. The third-order valence-corrected chi connectivity index (χ3v) is 2.02. The van der Waals surface area contributed by atoms with Gasteiger partial charge in [-0.2, -0.15) is 0 Å². The Morgan fingerprint density at radius 1 is 1.33 bits per heavy atom. The van der Waals surface area contributed by atoms with E-state index in [-0.39, 0.29) is 11.6 Å². The summed E-state index contributed by atoms with van der Waals surface area (Å²) in [5, 5.41) is 0. The van der Waals surface area contributed by atoms with Gasteiger partial charge < -0.3 is 9.47 Å². The average molecular weight is 213 g/mol. The molecule has 3 nitrogen and oxygen atoms in total. The molecule has 1 aromatic rings. The van der Waals surface area contributed by atoms with Crippen molar-refractivity contribution in [1.82, 2.24) is 4.90 Å². The summed E-state index contributed by atoms with van der Waals surface area (Å²) in [5.41, 5.74) is 0.896. The van der Waals surface area contributed by atoms with Crippen molar-refractivity contribution in [2.75, 3.05) is 28.0 Å². The third-order valence-electron chi connectivity index (χ3n) is 2.02. The number of ether oxygens (including phenoxy) is 2. The highest BCUT2D eigenvalue weighted by atomic mass is 19.1. The number of nitrogens with zero attached hydrogens (tertiary/aromatic N) is 1. The lowest BCUT2D eigenvalue weighted by Crippen LogP contribution is -2.20.